The Morgan fingerprint density at radius 2 is 2.00 bits per heavy atom. The van der Waals surface area contributed by atoms with E-state index in [1.165, 1.54) is 0 Å². The second kappa shape index (κ2) is 10.5. The summed E-state index contributed by atoms with van der Waals surface area (Å²) in [6.45, 7) is 1.96. The molecule has 3 heterocycles. The monoisotopic (exact) mass is 495 g/mol. The summed E-state index contributed by atoms with van der Waals surface area (Å²) in [5, 5.41) is 13.3. The first-order valence-corrected chi connectivity index (χ1v) is 11.1. The number of pyridine rings is 1. The van der Waals surface area contributed by atoms with E-state index >= 15 is 0 Å². The summed E-state index contributed by atoms with van der Waals surface area (Å²) in [5.74, 6) is 0.275. The Morgan fingerprint density at radius 1 is 1.17 bits per heavy atom. The lowest BCUT2D eigenvalue weighted by atomic mass is 10.1. The molecule has 0 spiro atoms. The number of carbonyl (C=O) groups is 1. The van der Waals surface area contributed by atoms with Gasteiger partial charge in [-0.2, -0.15) is 18.3 Å². The van der Waals surface area contributed by atoms with E-state index in [0.717, 1.165) is 40.9 Å². The zero-order valence-corrected chi connectivity index (χ0v) is 19.5. The standard InChI is InChI=1S/C25H24F3N7O/c1-16(29-8-9-30-23-11-19(13-32-23)20-14-33-35(2)15-20)17-4-3-5-21(10-17)34-24(36)18-6-7-22(31-12-18)25(26,27)28/h3-10,12-16,29H,11H2,1-2H3,(H,30,32)(H,34,36). The fourth-order valence-electron chi connectivity index (χ4n) is 3.49. The highest BCUT2D eigenvalue weighted by molar-refractivity contribution is 6.04. The summed E-state index contributed by atoms with van der Waals surface area (Å²) in [7, 11) is 1.87. The third kappa shape index (κ3) is 6.17. The van der Waals surface area contributed by atoms with Gasteiger partial charge in [-0.3, -0.25) is 14.5 Å². The summed E-state index contributed by atoms with van der Waals surface area (Å²) < 4.78 is 39.8. The van der Waals surface area contributed by atoms with Crippen molar-refractivity contribution in [2.75, 3.05) is 5.32 Å². The Labute approximate surface area is 205 Å². The molecule has 11 heteroatoms. The van der Waals surface area contributed by atoms with Crippen LogP contribution in [0.5, 0.6) is 0 Å². The van der Waals surface area contributed by atoms with E-state index in [9.17, 15) is 18.0 Å². The van der Waals surface area contributed by atoms with Gasteiger partial charge in [-0.05, 0) is 42.3 Å². The lowest BCUT2D eigenvalue weighted by molar-refractivity contribution is -0.141. The van der Waals surface area contributed by atoms with Crippen LogP contribution in [0.1, 0.15) is 46.6 Å². The summed E-state index contributed by atoms with van der Waals surface area (Å²) in [6, 6.07) is 8.98. The Hall–Kier alpha value is -4.41. The smallest absolute Gasteiger partial charge is 0.383 e. The number of nitrogens with one attached hydrogen (secondary N) is 3. The molecule has 4 rings (SSSR count). The molecule has 36 heavy (non-hydrogen) atoms. The SMILES string of the molecule is CC(NC=CNC1=NC=C(c2cnn(C)c2)C1)c1cccc(NC(=O)c2ccc(C(F)(F)F)nc2)c1. The van der Waals surface area contributed by atoms with E-state index in [2.05, 4.69) is 31.0 Å². The molecule has 8 nitrogen and oxygen atoms in total. The van der Waals surface area contributed by atoms with Crippen LogP contribution in [0.4, 0.5) is 18.9 Å². The fraction of sp³-hybridized carbons (Fsp3) is 0.200. The second-order valence-electron chi connectivity index (χ2n) is 8.19. The van der Waals surface area contributed by atoms with Crippen molar-refractivity contribution in [2.45, 2.75) is 25.6 Å². The number of anilines is 1. The highest BCUT2D eigenvalue weighted by atomic mass is 19.4. The summed E-state index contributed by atoms with van der Waals surface area (Å²) in [4.78, 5) is 20.1. The lowest BCUT2D eigenvalue weighted by Crippen LogP contribution is -2.18. The van der Waals surface area contributed by atoms with E-state index in [-0.39, 0.29) is 11.6 Å². The molecule has 0 saturated heterocycles. The molecule has 1 aromatic carbocycles. The number of halogens is 3. The zero-order valence-electron chi connectivity index (χ0n) is 19.5. The number of amidine groups is 1. The maximum absolute atomic E-state index is 12.7. The predicted molar refractivity (Wildman–Crippen MR) is 131 cm³/mol. The van der Waals surface area contributed by atoms with Crippen molar-refractivity contribution in [3.63, 3.8) is 0 Å². The molecular weight excluding hydrogens is 471 g/mol. The third-order valence-corrected chi connectivity index (χ3v) is 5.45. The molecule has 1 unspecified atom stereocenters. The first-order valence-electron chi connectivity index (χ1n) is 11.1. The summed E-state index contributed by atoms with van der Waals surface area (Å²) >= 11 is 0. The average molecular weight is 496 g/mol. The van der Waals surface area contributed by atoms with Gasteiger partial charge < -0.3 is 16.0 Å². The van der Waals surface area contributed by atoms with Crippen molar-refractivity contribution in [2.24, 2.45) is 12.0 Å². The normalized spacial score (nSPS) is 14.4. The minimum Gasteiger partial charge on any atom is -0.383 e. The number of aromatic nitrogens is 3. The van der Waals surface area contributed by atoms with E-state index in [1.54, 1.807) is 41.5 Å². The number of hydrogen-bond donors (Lipinski definition) is 3. The van der Waals surface area contributed by atoms with Crippen molar-refractivity contribution in [3.05, 3.63) is 96.0 Å². The molecular formula is C25H24F3N7O. The van der Waals surface area contributed by atoms with Gasteiger partial charge in [0.05, 0.1) is 11.8 Å². The van der Waals surface area contributed by atoms with E-state index in [4.69, 9.17) is 0 Å². The topological polar surface area (TPSA) is 96.2 Å². The van der Waals surface area contributed by atoms with Crippen molar-refractivity contribution in [1.82, 2.24) is 25.4 Å². The summed E-state index contributed by atoms with van der Waals surface area (Å²) in [6.07, 6.45) is 6.15. The van der Waals surface area contributed by atoms with Gasteiger partial charge in [-0.15, -0.1) is 0 Å². The molecule has 1 atom stereocenters. The van der Waals surface area contributed by atoms with Gasteiger partial charge in [0, 0.05) is 61.8 Å². The van der Waals surface area contributed by atoms with Crippen molar-refractivity contribution < 1.29 is 18.0 Å². The molecule has 2 aromatic heterocycles. The third-order valence-electron chi connectivity index (χ3n) is 5.45. The number of carbonyl (C=O) groups excluding carboxylic acids is 1. The number of aliphatic imine (C=N–C) groups is 1. The Balaban J connectivity index is 1.27. The first-order chi connectivity index (χ1) is 17.2. The Bertz CT molecular complexity index is 1320. The van der Waals surface area contributed by atoms with Crippen LogP contribution in [0.25, 0.3) is 5.57 Å². The van der Waals surface area contributed by atoms with Crippen molar-refractivity contribution in [1.29, 1.82) is 0 Å². The van der Waals surface area contributed by atoms with Crippen LogP contribution in [-0.2, 0) is 13.2 Å². The molecule has 0 aliphatic carbocycles. The molecule has 0 bridgehead atoms. The van der Waals surface area contributed by atoms with Gasteiger partial charge in [0.25, 0.3) is 5.91 Å². The van der Waals surface area contributed by atoms with E-state index < -0.39 is 17.8 Å². The van der Waals surface area contributed by atoms with Gasteiger partial charge >= 0.3 is 6.18 Å². The molecule has 3 aromatic rings. The minimum atomic E-state index is -4.55. The molecule has 1 aliphatic heterocycles. The number of hydrogen-bond acceptors (Lipinski definition) is 6. The van der Waals surface area contributed by atoms with E-state index in [0.29, 0.717) is 12.1 Å². The maximum atomic E-state index is 12.7. The largest absolute Gasteiger partial charge is 0.433 e. The number of rotatable bonds is 7. The predicted octanol–water partition coefficient (Wildman–Crippen LogP) is 4.64. The van der Waals surface area contributed by atoms with Gasteiger partial charge in [-0.25, -0.2) is 4.99 Å². The Kier molecular flexibility index (Phi) is 7.18. The number of nitrogens with zero attached hydrogens (tertiary/aromatic N) is 4. The van der Waals surface area contributed by atoms with Crippen LogP contribution in [0, 0.1) is 0 Å². The zero-order chi connectivity index (χ0) is 25.7. The molecule has 0 radical (unpaired) electrons. The maximum Gasteiger partial charge on any atom is 0.433 e. The fourth-order valence-corrected chi connectivity index (χ4v) is 3.49. The van der Waals surface area contributed by atoms with Crippen LogP contribution in [0.2, 0.25) is 0 Å². The van der Waals surface area contributed by atoms with Gasteiger partial charge in [0.1, 0.15) is 11.5 Å². The van der Waals surface area contributed by atoms with Crippen LogP contribution >= 0.6 is 0 Å². The second-order valence-corrected chi connectivity index (χ2v) is 8.19. The quantitative estimate of drug-likeness (QED) is 0.444. The van der Waals surface area contributed by atoms with Crippen molar-refractivity contribution >= 4 is 23.0 Å². The van der Waals surface area contributed by atoms with Gasteiger partial charge in [0.15, 0.2) is 0 Å². The Morgan fingerprint density at radius 3 is 2.69 bits per heavy atom. The molecule has 0 fully saturated rings. The van der Waals surface area contributed by atoms with Crippen LogP contribution < -0.4 is 16.0 Å². The highest BCUT2D eigenvalue weighted by Gasteiger charge is 2.32. The number of alkyl halides is 3. The molecule has 186 valence electrons. The van der Waals surface area contributed by atoms with Crippen LogP contribution in [0.3, 0.4) is 0 Å². The minimum absolute atomic E-state index is 0.0320. The lowest BCUT2D eigenvalue weighted by Gasteiger charge is -2.14. The highest BCUT2D eigenvalue weighted by Crippen LogP contribution is 2.27. The molecule has 1 amide bonds. The molecule has 0 saturated carbocycles. The molecule has 3 N–H and O–H groups in total. The van der Waals surface area contributed by atoms with Crippen molar-refractivity contribution in [3.8, 4) is 0 Å². The average Bonchev–Trinajstić information content (AvgIpc) is 3.50. The van der Waals surface area contributed by atoms with Gasteiger partial charge in [0.2, 0.25) is 0 Å². The van der Waals surface area contributed by atoms with E-state index in [1.807, 2.05) is 32.4 Å². The number of benzene rings is 1. The molecule has 1 aliphatic rings. The van der Waals surface area contributed by atoms with Crippen LogP contribution in [-0.4, -0.2) is 26.5 Å². The first kappa shape index (κ1) is 24.7. The summed E-state index contributed by atoms with van der Waals surface area (Å²) in [5.41, 5.74) is 2.53. The number of aryl methyl sites for hydroxylation is 1. The van der Waals surface area contributed by atoms with Crippen LogP contribution in [0.15, 0.2) is 78.6 Å². The van der Waals surface area contributed by atoms with Gasteiger partial charge in [-0.1, -0.05) is 12.1 Å². The number of amides is 1.